The molecule has 0 fully saturated rings. The van der Waals surface area contributed by atoms with Crippen LogP contribution in [-0.4, -0.2) is 67.7 Å². The van der Waals surface area contributed by atoms with E-state index >= 15 is 0 Å². The van der Waals surface area contributed by atoms with Crippen molar-refractivity contribution in [3.63, 3.8) is 0 Å². The first-order valence-corrected chi connectivity index (χ1v) is 3.19. The molecule has 21 N–H and O–H groups in total. The predicted molar refractivity (Wildman–Crippen MR) is 56.7 cm³/mol. The van der Waals surface area contributed by atoms with Crippen LogP contribution in [0, 0.1) is 0 Å². The Morgan fingerprint density at radius 1 is 0.600 bits per heavy atom. The van der Waals surface area contributed by atoms with E-state index < -0.39 is 9.15 Å². The quantitative estimate of drug-likeness (QED) is 0.249. The molecule has 0 saturated heterocycles. The highest BCUT2D eigenvalue weighted by Crippen LogP contribution is 1.81. The normalized spacial score (nSPS) is 3.87. The molecule has 0 amide bonds. The maximum absolute atomic E-state index is 9.05. The third-order valence-electron chi connectivity index (χ3n) is 0. The summed E-state index contributed by atoms with van der Waals surface area (Å²) in [4.78, 5) is 0. The molecule has 112 valence electrons. The third-order valence-corrected chi connectivity index (χ3v) is 0. The van der Waals surface area contributed by atoms with Gasteiger partial charge in [-0.1, -0.05) is 0 Å². The van der Waals surface area contributed by atoms with Gasteiger partial charge in [0.25, 0.3) is 0 Å². The summed E-state index contributed by atoms with van der Waals surface area (Å²) >= 11 is 2.65. The van der Waals surface area contributed by atoms with Crippen molar-refractivity contribution in [2.24, 2.45) is 0 Å². The van der Waals surface area contributed by atoms with Crippen LogP contribution in [0.5, 0.6) is 0 Å². The molecular formula is H22O13S2. The first-order valence-electron chi connectivity index (χ1n) is 0.698. The Morgan fingerprint density at radius 2 is 0.600 bits per heavy atom. The minimum absolute atomic E-state index is 0. The van der Waals surface area contributed by atoms with Crippen molar-refractivity contribution in [3.05, 3.63) is 0 Å². The van der Waals surface area contributed by atoms with Gasteiger partial charge in [0.2, 0.25) is 0 Å². The second-order valence-electron chi connectivity index (χ2n) is 0.448. The fourth-order valence-corrected chi connectivity index (χ4v) is 0. The highest BCUT2D eigenvalue weighted by Gasteiger charge is 1.83. The van der Waals surface area contributed by atoms with Crippen LogP contribution in [0.3, 0.4) is 0 Å². The minimum Gasteiger partial charge on any atom is -0.412 e. The number of hydrogen-bond acceptors (Lipinski definition) is 2. The van der Waals surface area contributed by atoms with E-state index in [1.54, 1.807) is 0 Å². The fourth-order valence-electron chi connectivity index (χ4n) is 0. The molecule has 0 aromatic heterocycles. The molecule has 0 aliphatic carbocycles. The Hall–Kier alpha value is -0.140. The van der Waals surface area contributed by atoms with Gasteiger partial charge < -0.3 is 54.8 Å². The largest absolute Gasteiger partial charge is 0.412 e. The van der Waals surface area contributed by atoms with E-state index in [0.717, 1.165) is 0 Å². The van der Waals surface area contributed by atoms with Crippen molar-refractivity contribution in [2.45, 2.75) is 0 Å². The Kier molecular flexibility index (Phi) is 853. The fraction of sp³-hybridized carbons (Fsp3) is 0. The Labute approximate surface area is 89.4 Å². The Balaban J connectivity index is -0.00000000178. The van der Waals surface area contributed by atoms with E-state index in [0.29, 0.717) is 0 Å². The van der Waals surface area contributed by atoms with Gasteiger partial charge in [0.1, 0.15) is 0 Å². The van der Waals surface area contributed by atoms with E-state index in [9.17, 15) is 0 Å². The van der Waals surface area contributed by atoms with Crippen LogP contribution in [0.15, 0.2) is 0 Å². The maximum atomic E-state index is 9.05. The summed E-state index contributed by atoms with van der Waals surface area (Å²) in [5.74, 6) is 0. The molecule has 0 aromatic carbocycles. The molecular weight excluding hydrogens is 272 g/mol. The first-order chi connectivity index (χ1) is 2.00. The summed E-state index contributed by atoms with van der Waals surface area (Å²) in [6.07, 6.45) is 0. The van der Waals surface area contributed by atoms with Gasteiger partial charge in [-0.3, -0.25) is 4.55 Å². The van der Waals surface area contributed by atoms with Crippen molar-refractivity contribution in [1.29, 1.82) is 0 Å². The van der Waals surface area contributed by atoms with E-state index in [1.807, 2.05) is 0 Å². The molecule has 0 aliphatic rings. The summed E-state index contributed by atoms with van der Waals surface area (Å²) in [6, 6.07) is 0. The van der Waals surface area contributed by atoms with Crippen molar-refractivity contribution in [3.8, 4) is 0 Å². The van der Waals surface area contributed by atoms with E-state index in [-0.39, 0.29) is 54.8 Å². The van der Waals surface area contributed by atoms with E-state index in [4.69, 9.17) is 13.0 Å². The van der Waals surface area contributed by atoms with Crippen LogP contribution in [0.2, 0.25) is 0 Å². The van der Waals surface area contributed by atoms with Crippen LogP contribution in [0.25, 0.3) is 0 Å². The summed E-state index contributed by atoms with van der Waals surface area (Å²) in [5.41, 5.74) is 0. The number of hydrogen-bond donors (Lipinski definition) is 2. The zero-order chi connectivity index (χ0) is 4.50. The smallest absolute Gasteiger partial charge is 0.316 e. The number of thiol groups is 1. The molecule has 0 atom stereocenters. The summed E-state index contributed by atoms with van der Waals surface area (Å²) in [5, 5.41) is 0. The maximum Gasteiger partial charge on any atom is 0.316 e. The molecule has 0 spiro atoms. The van der Waals surface area contributed by atoms with Gasteiger partial charge in [-0.25, -0.2) is 0 Å². The summed E-state index contributed by atoms with van der Waals surface area (Å²) < 4.78 is 25.5. The first kappa shape index (κ1) is 192. The highest BCUT2D eigenvalue weighted by molar-refractivity contribution is 8.61. The molecule has 0 radical (unpaired) electrons. The Morgan fingerprint density at radius 3 is 0.600 bits per heavy atom. The SMILES string of the molecule is O.O.O.O.O.O.O.O.O.O.O=S(=O)(O)S. The standard InChI is InChI=1S/H2O3S2.10H2O/c1-5(2,3)4;;;;;;;;;;/h(H2,1,2,3,4);10*1H2. The lowest BCUT2D eigenvalue weighted by molar-refractivity contribution is 0.503. The van der Waals surface area contributed by atoms with E-state index in [2.05, 4.69) is 11.7 Å². The van der Waals surface area contributed by atoms with E-state index in [1.165, 1.54) is 0 Å². The van der Waals surface area contributed by atoms with Crippen molar-refractivity contribution in [2.75, 3.05) is 0 Å². The van der Waals surface area contributed by atoms with Crippen LogP contribution in [-0.2, 0) is 9.15 Å². The average Bonchev–Trinajstić information content (AvgIpc) is 0.722. The molecule has 0 aromatic rings. The monoisotopic (exact) mass is 294 g/mol. The molecule has 15 heavy (non-hydrogen) atoms. The van der Waals surface area contributed by atoms with Gasteiger partial charge in [0.15, 0.2) is 0 Å². The van der Waals surface area contributed by atoms with Crippen LogP contribution >= 0.6 is 11.7 Å². The van der Waals surface area contributed by atoms with Crippen LogP contribution in [0.1, 0.15) is 0 Å². The summed E-state index contributed by atoms with van der Waals surface area (Å²) in [7, 11) is -3.97. The summed E-state index contributed by atoms with van der Waals surface area (Å²) in [6.45, 7) is 0. The minimum atomic E-state index is -3.97. The molecule has 0 unspecified atom stereocenters. The lowest BCUT2D eigenvalue weighted by Crippen LogP contribution is -1.78. The van der Waals surface area contributed by atoms with Crippen molar-refractivity contribution >= 4 is 20.8 Å². The number of rotatable bonds is 0. The van der Waals surface area contributed by atoms with Crippen molar-refractivity contribution < 1.29 is 67.7 Å². The lowest BCUT2D eigenvalue weighted by Gasteiger charge is -1.67. The topological polar surface area (TPSA) is 369 Å². The third kappa shape index (κ3) is 99500. The van der Waals surface area contributed by atoms with Crippen LogP contribution < -0.4 is 0 Å². The second-order valence-corrected chi connectivity index (χ2v) is 2.73. The zero-order valence-corrected chi connectivity index (χ0v) is 8.83. The zero-order valence-electron chi connectivity index (χ0n) is 7.12. The van der Waals surface area contributed by atoms with Gasteiger partial charge in [-0.05, 0) is 11.7 Å². The molecule has 0 bridgehead atoms. The lowest BCUT2D eigenvalue weighted by atomic mass is 15.9. The molecule has 0 heterocycles. The van der Waals surface area contributed by atoms with Crippen LogP contribution in [0.4, 0.5) is 0 Å². The van der Waals surface area contributed by atoms with Gasteiger partial charge in [0, 0.05) is 0 Å². The molecule has 0 saturated carbocycles. The molecule has 13 nitrogen and oxygen atoms in total. The van der Waals surface area contributed by atoms with Gasteiger partial charge >= 0.3 is 9.15 Å². The van der Waals surface area contributed by atoms with Crippen molar-refractivity contribution in [1.82, 2.24) is 0 Å². The Bertz CT molecular complexity index is 91.7. The molecule has 0 aliphatic heterocycles. The molecule has 0 rings (SSSR count). The van der Waals surface area contributed by atoms with Gasteiger partial charge in [-0.2, -0.15) is 8.42 Å². The molecule has 15 heteroatoms. The highest BCUT2D eigenvalue weighted by atomic mass is 33.1. The predicted octanol–water partition coefficient (Wildman–Crippen LogP) is -8.53. The van der Waals surface area contributed by atoms with Gasteiger partial charge in [0.05, 0.1) is 0 Å². The second kappa shape index (κ2) is 66.7. The van der Waals surface area contributed by atoms with Gasteiger partial charge in [-0.15, -0.1) is 0 Å². The average molecular weight is 294 g/mol.